The van der Waals surface area contributed by atoms with E-state index in [-0.39, 0.29) is 23.1 Å². The molecule has 3 aromatic carbocycles. The van der Waals surface area contributed by atoms with Crippen LogP contribution in [0.4, 0.5) is 8.78 Å². The molecule has 0 heterocycles. The highest BCUT2D eigenvalue weighted by atomic mass is 32.2. The molecule has 0 radical (unpaired) electrons. The van der Waals surface area contributed by atoms with Gasteiger partial charge in [0.1, 0.15) is 30.1 Å². The maximum absolute atomic E-state index is 13.7. The van der Waals surface area contributed by atoms with Crippen molar-refractivity contribution in [1.29, 1.82) is 0 Å². The molecule has 3 atom stereocenters. The third-order valence-electron chi connectivity index (χ3n) is 6.37. The van der Waals surface area contributed by atoms with Crippen molar-refractivity contribution < 1.29 is 32.6 Å². The number of nitrogens with two attached hydrogens (primary N) is 1. The maximum atomic E-state index is 13.7. The first-order chi connectivity index (χ1) is 18.3. The number of esters is 1. The fraction of sp³-hybridized carbons (Fsp3) is 0.310. The number of ether oxygens (including phenoxy) is 1. The van der Waals surface area contributed by atoms with Crippen LogP contribution < -0.4 is 10.0 Å². The fourth-order valence-corrected chi connectivity index (χ4v) is 5.14. The van der Waals surface area contributed by atoms with Crippen LogP contribution in [0.15, 0.2) is 83.8 Å². The molecule has 38 heavy (non-hydrogen) atoms. The minimum absolute atomic E-state index is 0.0121. The zero-order valence-electron chi connectivity index (χ0n) is 21.4. The summed E-state index contributed by atoms with van der Waals surface area (Å²) in [5.74, 6) is -2.81. The largest absolute Gasteiger partial charge is 0.455 e. The lowest BCUT2D eigenvalue weighted by Gasteiger charge is -2.26. The third-order valence-corrected chi connectivity index (χ3v) is 7.50. The van der Waals surface area contributed by atoms with Crippen molar-refractivity contribution in [3.8, 4) is 0 Å². The van der Waals surface area contributed by atoms with Crippen LogP contribution in [0.1, 0.15) is 48.7 Å². The predicted octanol–water partition coefficient (Wildman–Crippen LogP) is 4.11. The van der Waals surface area contributed by atoms with Gasteiger partial charge in [0, 0.05) is 11.5 Å². The molecular formula is C29H33F2N2O4S+. The number of nitrogens with one attached hydrogen (secondary N) is 1. The van der Waals surface area contributed by atoms with Gasteiger partial charge in [-0.2, -0.15) is 0 Å². The Morgan fingerprint density at radius 3 is 2.16 bits per heavy atom. The highest BCUT2D eigenvalue weighted by molar-refractivity contribution is 7.83. The number of carbonyl (C=O) groups is 2. The molecule has 202 valence electrons. The highest BCUT2D eigenvalue weighted by Crippen LogP contribution is 2.22. The molecule has 6 nitrogen and oxygen atoms in total. The Morgan fingerprint density at radius 1 is 0.921 bits per heavy atom. The second-order valence-corrected chi connectivity index (χ2v) is 10.1. The Hall–Kier alpha value is -3.27. The van der Waals surface area contributed by atoms with E-state index in [0.717, 1.165) is 25.0 Å². The number of quaternary nitrogens is 1. The number of Topliss-reactive ketones (excluding diaryl/α,β-unsaturated/α-hetero) is 1. The molecule has 3 aromatic rings. The topological polar surface area (TPSA) is 89.1 Å². The monoisotopic (exact) mass is 543 g/mol. The van der Waals surface area contributed by atoms with Crippen LogP contribution in [-0.4, -0.2) is 35.2 Å². The Morgan fingerprint density at radius 2 is 1.55 bits per heavy atom. The predicted molar refractivity (Wildman–Crippen MR) is 141 cm³/mol. The van der Waals surface area contributed by atoms with Crippen molar-refractivity contribution in [3.63, 3.8) is 0 Å². The lowest BCUT2D eigenvalue weighted by atomic mass is 9.96. The van der Waals surface area contributed by atoms with Gasteiger partial charge >= 0.3 is 5.97 Å². The summed E-state index contributed by atoms with van der Waals surface area (Å²) >= 11 is 0. The van der Waals surface area contributed by atoms with Crippen LogP contribution in [0.3, 0.4) is 0 Å². The summed E-state index contributed by atoms with van der Waals surface area (Å²) in [5, 5.41) is 1.83. The molecule has 3 N–H and O–H groups in total. The smallest absolute Gasteiger partial charge is 0.329 e. The molecule has 3 rings (SSSR count). The number of hydrogen-bond donors (Lipinski definition) is 2. The van der Waals surface area contributed by atoms with Gasteiger partial charge in [-0.05, 0) is 36.6 Å². The Kier molecular flexibility index (Phi) is 11.3. The summed E-state index contributed by atoms with van der Waals surface area (Å²) in [6, 6.07) is 19.4. The van der Waals surface area contributed by atoms with E-state index in [4.69, 9.17) is 4.74 Å². The van der Waals surface area contributed by atoms with Crippen LogP contribution in [0.25, 0.3) is 0 Å². The Labute approximate surface area is 224 Å². The fourth-order valence-electron chi connectivity index (χ4n) is 4.15. The van der Waals surface area contributed by atoms with Gasteiger partial charge in [-0.3, -0.25) is 4.79 Å². The second kappa shape index (κ2) is 14.6. The van der Waals surface area contributed by atoms with Gasteiger partial charge in [-0.25, -0.2) is 22.5 Å². The van der Waals surface area contributed by atoms with Gasteiger partial charge in [-0.15, -0.1) is 0 Å². The third kappa shape index (κ3) is 8.11. The first-order valence-corrected chi connectivity index (χ1v) is 13.8. The Bertz CT molecular complexity index is 1220. The Balaban J connectivity index is 1.75. The molecule has 0 spiro atoms. The zero-order valence-corrected chi connectivity index (χ0v) is 22.3. The molecule has 0 bridgehead atoms. The van der Waals surface area contributed by atoms with Gasteiger partial charge in [0.2, 0.25) is 5.78 Å². The van der Waals surface area contributed by atoms with Gasteiger partial charge in [0.15, 0.2) is 17.7 Å². The summed E-state index contributed by atoms with van der Waals surface area (Å²) < 4.78 is 48.7. The molecule has 0 aliphatic rings. The first-order valence-electron chi connectivity index (χ1n) is 12.6. The lowest BCUT2D eigenvalue weighted by Crippen LogP contribution is -2.88. The van der Waals surface area contributed by atoms with E-state index >= 15 is 0 Å². The molecule has 0 saturated carbocycles. The number of halogens is 2. The molecule has 0 aliphatic heterocycles. The highest BCUT2D eigenvalue weighted by Gasteiger charge is 2.31. The molecular weight excluding hydrogens is 510 g/mol. The van der Waals surface area contributed by atoms with E-state index in [1.165, 1.54) is 6.07 Å². The molecule has 0 aliphatic carbocycles. The van der Waals surface area contributed by atoms with Crippen LogP contribution in [0.2, 0.25) is 0 Å². The average molecular weight is 544 g/mol. The average Bonchev–Trinajstić information content (AvgIpc) is 2.94. The number of carbonyl (C=O) groups excluding carboxylic acids is 2. The van der Waals surface area contributed by atoms with E-state index in [1.807, 2.05) is 37.4 Å². The van der Waals surface area contributed by atoms with E-state index in [9.17, 15) is 22.6 Å². The van der Waals surface area contributed by atoms with Crippen molar-refractivity contribution >= 4 is 22.7 Å². The lowest BCUT2D eigenvalue weighted by molar-refractivity contribution is -0.650. The van der Waals surface area contributed by atoms with Gasteiger partial charge in [0.05, 0.1) is 4.90 Å². The van der Waals surface area contributed by atoms with Gasteiger partial charge < -0.3 is 10.1 Å². The van der Waals surface area contributed by atoms with Crippen LogP contribution in [-0.2, 0) is 20.5 Å². The van der Waals surface area contributed by atoms with Crippen molar-refractivity contribution in [2.75, 3.05) is 13.1 Å². The summed E-state index contributed by atoms with van der Waals surface area (Å²) in [7, 11) is -2.02. The SMILES string of the molecule is CCC(CC)[C@H](C[NH2+]CC(=O)c1ccccc1)OC(=O)C(NS(=O)c1ccc(F)c(F)c1)c1ccccc1. The standard InChI is InChI=1S/C29H32F2N2O4S/c1-3-20(4-2)27(19-32-18-26(34)21-11-7-5-8-12-21)37-29(35)28(22-13-9-6-10-14-22)33-38(36)23-15-16-24(30)25(31)17-23/h5-17,20,27-28,32-33H,3-4,18-19H2,1-2H3/p+1/t27-,28?,38?/m0/s1. The summed E-state index contributed by atoms with van der Waals surface area (Å²) in [6.07, 6.45) is 1.03. The normalized spacial score (nSPS) is 13.6. The number of ketones is 1. The molecule has 2 unspecified atom stereocenters. The molecule has 0 amide bonds. The summed E-state index contributed by atoms with van der Waals surface area (Å²) in [6.45, 7) is 4.60. The summed E-state index contributed by atoms with van der Waals surface area (Å²) in [4.78, 5) is 26.0. The first kappa shape index (κ1) is 29.3. The van der Waals surface area contributed by atoms with Crippen molar-refractivity contribution in [1.82, 2.24) is 4.72 Å². The van der Waals surface area contributed by atoms with Crippen LogP contribution in [0.5, 0.6) is 0 Å². The molecule has 0 saturated heterocycles. The van der Waals surface area contributed by atoms with Crippen molar-refractivity contribution in [2.45, 2.75) is 43.7 Å². The van der Waals surface area contributed by atoms with E-state index < -0.39 is 40.7 Å². The maximum Gasteiger partial charge on any atom is 0.329 e. The second-order valence-electron chi connectivity index (χ2n) is 8.88. The van der Waals surface area contributed by atoms with Crippen LogP contribution >= 0.6 is 0 Å². The van der Waals surface area contributed by atoms with E-state index in [1.54, 1.807) is 42.5 Å². The molecule has 0 aromatic heterocycles. The van der Waals surface area contributed by atoms with E-state index in [2.05, 4.69) is 4.72 Å². The van der Waals surface area contributed by atoms with Gasteiger partial charge in [-0.1, -0.05) is 74.5 Å². The number of rotatable bonds is 14. The number of benzene rings is 3. The number of hydrogen-bond acceptors (Lipinski definition) is 4. The molecule has 9 heteroatoms. The minimum atomic E-state index is -2.02. The quantitative estimate of drug-likeness (QED) is 0.237. The van der Waals surface area contributed by atoms with Crippen LogP contribution in [0, 0.1) is 17.6 Å². The van der Waals surface area contributed by atoms with Crippen molar-refractivity contribution in [3.05, 3.63) is 102 Å². The van der Waals surface area contributed by atoms with Crippen molar-refractivity contribution in [2.24, 2.45) is 5.92 Å². The minimum Gasteiger partial charge on any atom is -0.455 e. The van der Waals surface area contributed by atoms with E-state index in [0.29, 0.717) is 17.7 Å². The van der Waals surface area contributed by atoms with Gasteiger partial charge in [0.25, 0.3) is 0 Å². The zero-order chi connectivity index (χ0) is 27.5. The molecule has 0 fully saturated rings. The summed E-state index contributed by atoms with van der Waals surface area (Å²) in [5.41, 5.74) is 1.13.